The quantitative estimate of drug-likeness (QED) is 0.589. The number of hydrogen-bond acceptors (Lipinski definition) is 4. The molecule has 0 aliphatic heterocycles. The van der Waals surface area contributed by atoms with Gasteiger partial charge in [-0.25, -0.2) is 4.39 Å². The van der Waals surface area contributed by atoms with E-state index >= 15 is 0 Å². The van der Waals surface area contributed by atoms with Crippen LogP contribution >= 0.6 is 23.6 Å². The molecule has 0 aliphatic rings. The third-order valence-corrected chi connectivity index (χ3v) is 4.07. The molecule has 0 N–H and O–H groups in total. The molecule has 0 saturated heterocycles. The molecule has 0 radical (unpaired) electrons. The van der Waals surface area contributed by atoms with Crippen LogP contribution in [0.2, 0.25) is 5.02 Å². The van der Waals surface area contributed by atoms with Crippen molar-refractivity contribution in [3.05, 3.63) is 70.5 Å². The van der Waals surface area contributed by atoms with Gasteiger partial charge in [-0.05, 0) is 29.8 Å². The second kappa shape index (κ2) is 7.42. The van der Waals surface area contributed by atoms with Crippen LogP contribution < -0.4 is 0 Å². The second-order valence-corrected chi connectivity index (χ2v) is 5.71. The Morgan fingerprint density at radius 2 is 1.77 bits per heavy atom. The monoisotopic (exact) mass is 338 g/mol. The molecule has 0 aliphatic carbocycles. The van der Waals surface area contributed by atoms with Crippen molar-refractivity contribution in [3.8, 4) is 0 Å². The van der Waals surface area contributed by atoms with Gasteiger partial charge in [-0.2, -0.15) is 0 Å². The van der Waals surface area contributed by atoms with E-state index in [4.69, 9.17) is 15.8 Å². The predicted octanol–water partition coefficient (Wildman–Crippen LogP) is 4.61. The first kappa shape index (κ1) is 16.5. The molecule has 0 fully saturated rings. The Labute approximate surface area is 136 Å². The van der Waals surface area contributed by atoms with Crippen molar-refractivity contribution in [2.75, 3.05) is 0 Å². The van der Waals surface area contributed by atoms with Crippen LogP contribution in [-0.4, -0.2) is 11.8 Å². The number of Topliss-reactive ketones (excluding diaryl/α,β-unsaturated/α-hetero) is 1. The van der Waals surface area contributed by atoms with Crippen LogP contribution in [0.4, 0.5) is 4.39 Å². The van der Waals surface area contributed by atoms with Gasteiger partial charge in [0.1, 0.15) is 11.1 Å². The van der Waals surface area contributed by atoms with Gasteiger partial charge in [0.15, 0.2) is 5.78 Å². The number of benzene rings is 2. The van der Waals surface area contributed by atoms with Gasteiger partial charge < -0.3 is 4.18 Å². The van der Waals surface area contributed by atoms with Crippen molar-refractivity contribution in [2.24, 2.45) is 0 Å². The lowest BCUT2D eigenvalue weighted by Gasteiger charge is -2.15. The maximum absolute atomic E-state index is 13.8. The fourth-order valence-corrected chi connectivity index (χ4v) is 2.65. The predicted molar refractivity (Wildman–Crippen MR) is 84.3 cm³/mol. The fraction of sp³-hybridized carbons (Fsp3) is 0.125. The summed E-state index contributed by atoms with van der Waals surface area (Å²) in [4.78, 5) is 23.6. The van der Waals surface area contributed by atoms with Crippen LogP contribution in [0, 0.1) is 5.82 Å². The lowest BCUT2D eigenvalue weighted by Crippen LogP contribution is -2.13. The number of carbonyl (C=O) groups is 2. The Morgan fingerprint density at radius 1 is 1.14 bits per heavy atom. The minimum atomic E-state index is -0.863. The van der Waals surface area contributed by atoms with E-state index in [2.05, 4.69) is 0 Å². The van der Waals surface area contributed by atoms with Crippen LogP contribution in [0.15, 0.2) is 48.5 Å². The van der Waals surface area contributed by atoms with Crippen molar-refractivity contribution < 1.29 is 18.2 Å². The Kier molecular flexibility index (Phi) is 5.57. The van der Waals surface area contributed by atoms with Crippen molar-refractivity contribution in [1.82, 2.24) is 0 Å². The van der Waals surface area contributed by atoms with E-state index < -0.39 is 22.8 Å². The van der Waals surface area contributed by atoms with E-state index in [1.54, 1.807) is 30.3 Å². The molecule has 1 unspecified atom stereocenters. The number of carbonyl (C=O) groups excluding carboxylic acids is 2. The summed E-state index contributed by atoms with van der Waals surface area (Å²) in [6, 6.07) is 12.2. The molecule has 3 nitrogen and oxygen atoms in total. The van der Waals surface area contributed by atoms with Crippen molar-refractivity contribution in [3.63, 3.8) is 0 Å². The van der Waals surface area contributed by atoms with Crippen LogP contribution in [-0.2, 0) is 8.98 Å². The lowest BCUT2D eigenvalue weighted by atomic mass is 10.0. The third kappa shape index (κ3) is 4.08. The molecule has 2 aromatic carbocycles. The maximum atomic E-state index is 13.8. The molecule has 1 atom stereocenters. The topological polar surface area (TPSA) is 43.4 Å². The van der Waals surface area contributed by atoms with E-state index in [0.29, 0.717) is 22.6 Å². The molecule has 0 aromatic heterocycles. The second-order valence-electron chi connectivity index (χ2n) is 4.45. The van der Waals surface area contributed by atoms with Crippen LogP contribution in [0.5, 0.6) is 0 Å². The van der Waals surface area contributed by atoms with E-state index in [0.717, 1.165) is 0 Å². The molecule has 2 rings (SSSR count). The first-order valence-corrected chi connectivity index (χ1v) is 7.55. The highest BCUT2D eigenvalue weighted by molar-refractivity contribution is 7.96. The zero-order valence-corrected chi connectivity index (χ0v) is 13.2. The zero-order chi connectivity index (χ0) is 16.1. The molecule has 0 spiro atoms. The van der Waals surface area contributed by atoms with Crippen LogP contribution in [0.1, 0.15) is 28.1 Å². The summed E-state index contributed by atoms with van der Waals surface area (Å²) in [5, 5.41) is -0.351. The number of rotatable bonds is 5. The highest BCUT2D eigenvalue weighted by atomic mass is 35.5. The van der Waals surface area contributed by atoms with Crippen molar-refractivity contribution in [1.29, 1.82) is 0 Å². The van der Waals surface area contributed by atoms with Gasteiger partial charge in [-0.1, -0.05) is 35.9 Å². The summed E-state index contributed by atoms with van der Waals surface area (Å²) in [6.45, 7) is 1.24. The molecule has 0 heterocycles. The van der Waals surface area contributed by atoms with Crippen molar-refractivity contribution >= 4 is 35.4 Å². The molecule has 6 heteroatoms. The van der Waals surface area contributed by atoms with Gasteiger partial charge in [0.25, 0.3) is 0 Å². The molecule has 114 valence electrons. The third-order valence-electron chi connectivity index (χ3n) is 2.81. The summed E-state index contributed by atoms with van der Waals surface area (Å²) < 4.78 is 18.7. The van der Waals surface area contributed by atoms with Crippen LogP contribution in [0.25, 0.3) is 0 Å². The minimum absolute atomic E-state index is 0.0536. The first-order chi connectivity index (χ1) is 10.5. The molecule has 22 heavy (non-hydrogen) atoms. The van der Waals surface area contributed by atoms with Gasteiger partial charge in [0.2, 0.25) is 0 Å². The molecular formula is C16H12ClFO3S. The highest BCUT2D eigenvalue weighted by Gasteiger charge is 2.27. The Hall–Kier alpha value is -1.85. The van der Waals surface area contributed by atoms with E-state index in [1.165, 1.54) is 25.1 Å². The minimum Gasteiger partial charge on any atom is -0.390 e. The lowest BCUT2D eigenvalue weighted by molar-refractivity contribution is -0.130. The van der Waals surface area contributed by atoms with Gasteiger partial charge in [0.05, 0.1) is 17.6 Å². The molecule has 2 aromatic rings. The molecule has 0 bridgehead atoms. The van der Waals surface area contributed by atoms with Gasteiger partial charge in [-0.3, -0.25) is 9.59 Å². The smallest absolute Gasteiger partial charge is 0.314 e. The normalized spacial score (nSPS) is 11.8. The van der Waals surface area contributed by atoms with Gasteiger partial charge in [-0.15, -0.1) is 0 Å². The number of halogens is 2. The summed E-state index contributed by atoms with van der Waals surface area (Å²) in [5.41, 5.74) is 0.519. The Bertz CT molecular complexity index is 688. The Morgan fingerprint density at radius 3 is 2.36 bits per heavy atom. The first-order valence-electron chi connectivity index (χ1n) is 6.37. The van der Waals surface area contributed by atoms with Gasteiger partial charge in [0, 0.05) is 11.9 Å². The van der Waals surface area contributed by atoms with Crippen LogP contribution in [0.3, 0.4) is 0 Å². The molecular weight excluding hydrogens is 327 g/mol. The molecule has 0 amide bonds. The summed E-state index contributed by atoms with van der Waals surface area (Å²) in [7, 11) is 0. The number of hydrogen-bond donors (Lipinski definition) is 0. The SMILES string of the molecule is CC(=O)OSC(C(=O)c1ccccc1F)c1ccc(Cl)cc1. The van der Waals surface area contributed by atoms with E-state index in [-0.39, 0.29) is 5.56 Å². The highest BCUT2D eigenvalue weighted by Crippen LogP contribution is 2.34. The van der Waals surface area contributed by atoms with E-state index in [9.17, 15) is 14.0 Å². The zero-order valence-electron chi connectivity index (χ0n) is 11.6. The average molecular weight is 339 g/mol. The number of ketones is 1. The molecule has 0 saturated carbocycles. The Balaban J connectivity index is 2.35. The average Bonchev–Trinajstić information content (AvgIpc) is 2.49. The summed E-state index contributed by atoms with van der Waals surface area (Å²) >= 11 is 6.52. The maximum Gasteiger partial charge on any atom is 0.314 e. The summed E-state index contributed by atoms with van der Waals surface area (Å²) in [5.74, 6) is -1.63. The summed E-state index contributed by atoms with van der Waals surface area (Å²) in [6.07, 6.45) is 0. The largest absolute Gasteiger partial charge is 0.390 e. The standard InChI is InChI=1S/C16H12ClFO3S/c1-10(19)21-22-16(11-6-8-12(17)9-7-11)15(20)13-4-2-3-5-14(13)18/h2-9,16H,1H3. The van der Waals surface area contributed by atoms with Gasteiger partial charge >= 0.3 is 5.97 Å². The fourth-order valence-electron chi connectivity index (χ4n) is 1.81. The van der Waals surface area contributed by atoms with E-state index in [1.807, 2.05) is 0 Å². The van der Waals surface area contributed by atoms with Crippen molar-refractivity contribution in [2.45, 2.75) is 12.2 Å².